The highest BCUT2D eigenvalue weighted by Crippen LogP contribution is 2.25. The fourth-order valence-corrected chi connectivity index (χ4v) is 2.03. The second-order valence-electron chi connectivity index (χ2n) is 4.28. The summed E-state index contributed by atoms with van der Waals surface area (Å²) < 4.78 is 11.6. The van der Waals surface area contributed by atoms with E-state index in [9.17, 15) is 0 Å². The van der Waals surface area contributed by atoms with E-state index in [4.69, 9.17) is 9.31 Å². The van der Waals surface area contributed by atoms with Gasteiger partial charge in [-0.05, 0) is 18.5 Å². The van der Waals surface area contributed by atoms with E-state index in [0.717, 1.165) is 16.8 Å². The van der Waals surface area contributed by atoms with Gasteiger partial charge in [-0.25, -0.2) is 0 Å². The van der Waals surface area contributed by atoms with Gasteiger partial charge in [-0.3, -0.25) is 0 Å². The molecule has 84 valence electrons. The third kappa shape index (κ3) is 2.06. The van der Waals surface area contributed by atoms with Gasteiger partial charge in [0.05, 0.1) is 6.61 Å². The minimum absolute atomic E-state index is 0.286. The highest BCUT2D eigenvalue weighted by molar-refractivity contribution is 6.62. The zero-order valence-electron chi connectivity index (χ0n) is 9.72. The van der Waals surface area contributed by atoms with Gasteiger partial charge in [0.1, 0.15) is 5.75 Å². The zero-order valence-corrected chi connectivity index (χ0v) is 9.72. The smallest absolute Gasteiger partial charge is 0.532 e. The van der Waals surface area contributed by atoms with Gasteiger partial charge < -0.3 is 9.31 Å². The van der Waals surface area contributed by atoms with Crippen LogP contribution in [0.1, 0.15) is 11.1 Å². The molecule has 3 rings (SSSR count). The van der Waals surface area contributed by atoms with Crippen LogP contribution in [0.25, 0.3) is 0 Å². The fraction of sp³-hybridized carbons (Fsp3) is 0.143. The zero-order chi connectivity index (χ0) is 11.7. The molecule has 0 spiro atoms. The lowest BCUT2D eigenvalue weighted by Gasteiger charge is -2.24. The van der Waals surface area contributed by atoms with Crippen LogP contribution in [0.4, 0.5) is 0 Å². The van der Waals surface area contributed by atoms with E-state index < -0.39 is 0 Å². The first-order chi connectivity index (χ1) is 8.33. The van der Waals surface area contributed by atoms with Crippen LogP contribution in [0, 0.1) is 6.92 Å². The molecule has 2 nitrogen and oxygen atoms in total. The van der Waals surface area contributed by atoms with E-state index in [2.05, 4.69) is 19.1 Å². The maximum absolute atomic E-state index is 5.85. The van der Waals surface area contributed by atoms with Gasteiger partial charge in [0.15, 0.2) is 0 Å². The van der Waals surface area contributed by atoms with Crippen LogP contribution in [0.15, 0.2) is 48.5 Å². The van der Waals surface area contributed by atoms with Crippen molar-refractivity contribution in [3.05, 3.63) is 59.7 Å². The Bertz CT molecular complexity index is 525. The maximum Gasteiger partial charge on any atom is 0.563 e. The lowest BCUT2D eigenvalue weighted by molar-refractivity contribution is 0.238. The van der Waals surface area contributed by atoms with Crippen LogP contribution < -0.4 is 10.1 Å². The predicted octanol–water partition coefficient (Wildman–Crippen LogP) is 2.30. The van der Waals surface area contributed by atoms with E-state index in [1.807, 2.05) is 36.4 Å². The van der Waals surface area contributed by atoms with Gasteiger partial charge in [0.2, 0.25) is 0 Å². The van der Waals surface area contributed by atoms with Crippen molar-refractivity contribution < 1.29 is 9.31 Å². The minimum Gasteiger partial charge on any atom is -0.532 e. The van der Waals surface area contributed by atoms with Crippen LogP contribution in [-0.2, 0) is 11.3 Å². The number of aryl methyl sites for hydroxylation is 1. The summed E-state index contributed by atoms with van der Waals surface area (Å²) in [6, 6.07) is 16.2. The van der Waals surface area contributed by atoms with Gasteiger partial charge in [-0.1, -0.05) is 48.0 Å². The maximum atomic E-state index is 5.85. The molecule has 2 aromatic rings. The average Bonchev–Trinajstić information content (AvgIpc) is 2.39. The Morgan fingerprint density at radius 3 is 2.71 bits per heavy atom. The summed E-state index contributed by atoms with van der Waals surface area (Å²) in [5.74, 6) is 0.927. The van der Waals surface area contributed by atoms with Gasteiger partial charge in [-0.15, -0.1) is 0 Å². The molecule has 0 saturated carbocycles. The van der Waals surface area contributed by atoms with Crippen LogP contribution >= 0.6 is 0 Å². The Kier molecular flexibility index (Phi) is 2.61. The molecule has 0 N–H and O–H groups in total. The van der Waals surface area contributed by atoms with E-state index in [1.165, 1.54) is 5.56 Å². The summed E-state index contributed by atoms with van der Waals surface area (Å²) in [5, 5.41) is 0. The first kappa shape index (κ1) is 10.4. The Morgan fingerprint density at radius 2 is 1.88 bits per heavy atom. The van der Waals surface area contributed by atoms with Gasteiger partial charge in [0, 0.05) is 5.56 Å². The molecule has 0 amide bonds. The molecular formula is C14H13BO2. The van der Waals surface area contributed by atoms with Gasteiger partial charge in [0.25, 0.3) is 0 Å². The topological polar surface area (TPSA) is 18.5 Å². The molecule has 0 radical (unpaired) electrons. The van der Waals surface area contributed by atoms with Crippen LogP contribution in [-0.4, -0.2) is 7.12 Å². The van der Waals surface area contributed by atoms with Crippen LogP contribution in [0.3, 0.4) is 0 Å². The summed E-state index contributed by atoms with van der Waals surface area (Å²) in [5.41, 5.74) is 3.41. The molecule has 0 saturated heterocycles. The lowest BCUT2D eigenvalue weighted by Crippen LogP contribution is -2.42. The van der Waals surface area contributed by atoms with Crippen molar-refractivity contribution in [3.8, 4) is 5.75 Å². The molecule has 0 atom stereocenters. The number of hydrogen-bond donors (Lipinski definition) is 0. The van der Waals surface area contributed by atoms with Crippen molar-refractivity contribution in [1.29, 1.82) is 0 Å². The van der Waals surface area contributed by atoms with E-state index in [-0.39, 0.29) is 7.12 Å². The first-order valence-electron chi connectivity index (χ1n) is 5.76. The van der Waals surface area contributed by atoms with Gasteiger partial charge in [-0.2, -0.15) is 0 Å². The summed E-state index contributed by atoms with van der Waals surface area (Å²) in [4.78, 5) is 0. The third-order valence-electron chi connectivity index (χ3n) is 2.91. The Hall–Kier alpha value is -1.74. The quantitative estimate of drug-likeness (QED) is 0.692. The largest absolute Gasteiger partial charge is 0.563 e. The lowest BCUT2D eigenvalue weighted by atomic mass is 9.78. The van der Waals surface area contributed by atoms with Crippen molar-refractivity contribution in [3.63, 3.8) is 0 Å². The first-order valence-corrected chi connectivity index (χ1v) is 5.76. The molecule has 2 aromatic carbocycles. The SMILES string of the molecule is Cc1ccc2c(c1)COB(c1ccccc1)O2. The Balaban J connectivity index is 1.88. The van der Waals surface area contributed by atoms with Crippen molar-refractivity contribution in [2.24, 2.45) is 0 Å². The van der Waals surface area contributed by atoms with E-state index >= 15 is 0 Å². The van der Waals surface area contributed by atoms with Crippen molar-refractivity contribution in [2.75, 3.05) is 0 Å². The van der Waals surface area contributed by atoms with E-state index in [1.54, 1.807) is 0 Å². The monoisotopic (exact) mass is 224 g/mol. The summed E-state index contributed by atoms with van der Waals surface area (Å²) in [6.07, 6.45) is 0. The molecule has 3 heteroatoms. The van der Waals surface area contributed by atoms with Crippen LogP contribution in [0.5, 0.6) is 5.75 Å². The standard InChI is InChI=1S/C14H13BO2/c1-11-7-8-14-12(9-11)10-16-15(17-14)13-5-3-2-4-6-13/h2-9H,10H2,1H3. The van der Waals surface area contributed by atoms with Crippen molar-refractivity contribution in [2.45, 2.75) is 13.5 Å². The molecule has 1 heterocycles. The summed E-state index contributed by atoms with van der Waals surface area (Å²) in [6.45, 7) is 2.68. The Labute approximate surface area is 101 Å². The number of fused-ring (bicyclic) bond motifs is 1. The number of hydrogen-bond acceptors (Lipinski definition) is 2. The molecule has 0 unspecified atom stereocenters. The second-order valence-corrected chi connectivity index (χ2v) is 4.28. The van der Waals surface area contributed by atoms with E-state index in [0.29, 0.717) is 6.61 Å². The summed E-state index contributed by atoms with van der Waals surface area (Å²) >= 11 is 0. The molecule has 1 aliphatic heterocycles. The third-order valence-corrected chi connectivity index (χ3v) is 2.91. The Morgan fingerprint density at radius 1 is 1.06 bits per heavy atom. The van der Waals surface area contributed by atoms with Crippen molar-refractivity contribution >= 4 is 12.6 Å². The summed E-state index contributed by atoms with van der Waals surface area (Å²) in [7, 11) is -0.286. The molecule has 0 aliphatic carbocycles. The van der Waals surface area contributed by atoms with Crippen LogP contribution in [0.2, 0.25) is 0 Å². The molecule has 1 aliphatic rings. The fourth-order valence-electron chi connectivity index (χ4n) is 2.03. The van der Waals surface area contributed by atoms with Gasteiger partial charge >= 0.3 is 7.12 Å². The predicted molar refractivity (Wildman–Crippen MR) is 68.4 cm³/mol. The number of benzene rings is 2. The average molecular weight is 224 g/mol. The molecular weight excluding hydrogens is 211 g/mol. The second kappa shape index (κ2) is 4.26. The number of rotatable bonds is 1. The normalized spacial score (nSPS) is 14.1. The van der Waals surface area contributed by atoms with Crippen molar-refractivity contribution in [1.82, 2.24) is 0 Å². The molecule has 0 fully saturated rings. The highest BCUT2D eigenvalue weighted by Gasteiger charge is 2.28. The highest BCUT2D eigenvalue weighted by atomic mass is 16.6. The molecule has 17 heavy (non-hydrogen) atoms. The molecule has 0 bridgehead atoms. The molecule has 0 aromatic heterocycles. The minimum atomic E-state index is -0.286.